The van der Waals surface area contributed by atoms with Crippen molar-refractivity contribution in [1.82, 2.24) is 5.32 Å². The van der Waals surface area contributed by atoms with Gasteiger partial charge in [-0.15, -0.1) is 0 Å². The average Bonchev–Trinajstić information content (AvgIpc) is 2.51. The van der Waals surface area contributed by atoms with Crippen LogP contribution in [0.2, 0.25) is 0 Å². The van der Waals surface area contributed by atoms with Gasteiger partial charge in [0.1, 0.15) is 23.5 Å². The van der Waals surface area contributed by atoms with Gasteiger partial charge in [-0.2, -0.15) is 0 Å². The summed E-state index contributed by atoms with van der Waals surface area (Å²) >= 11 is 0. The van der Waals surface area contributed by atoms with Crippen LogP contribution in [0.3, 0.4) is 0 Å². The molecular formula is C16H17F2NO4. The Morgan fingerprint density at radius 1 is 1.35 bits per heavy atom. The van der Waals surface area contributed by atoms with E-state index in [1.165, 1.54) is 7.11 Å². The number of rotatable bonds is 4. The van der Waals surface area contributed by atoms with Gasteiger partial charge in [-0.3, -0.25) is 9.59 Å². The summed E-state index contributed by atoms with van der Waals surface area (Å²) in [5, 5.41) is 2.41. The van der Waals surface area contributed by atoms with E-state index < -0.39 is 35.5 Å². The summed E-state index contributed by atoms with van der Waals surface area (Å²) in [6.45, 7) is 0. The summed E-state index contributed by atoms with van der Waals surface area (Å²) in [5.74, 6) is -3.75. The Kier molecular flexibility index (Phi) is 5.41. The minimum absolute atomic E-state index is 0.0114. The van der Waals surface area contributed by atoms with E-state index in [-0.39, 0.29) is 17.8 Å². The molecule has 23 heavy (non-hydrogen) atoms. The molecular weight excluding hydrogens is 308 g/mol. The van der Waals surface area contributed by atoms with Crippen molar-refractivity contribution in [2.45, 2.75) is 31.7 Å². The number of methoxy groups -OCH3 is 1. The van der Waals surface area contributed by atoms with Crippen LogP contribution in [-0.2, 0) is 14.3 Å². The van der Waals surface area contributed by atoms with Crippen molar-refractivity contribution in [3.8, 4) is 0 Å². The van der Waals surface area contributed by atoms with Crippen molar-refractivity contribution >= 4 is 17.7 Å². The highest BCUT2D eigenvalue weighted by Crippen LogP contribution is 2.25. The number of halogens is 2. The molecule has 2 atom stereocenters. The first kappa shape index (κ1) is 17.1. The number of hydrogen-bond acceptors (Lipinski definition) is 4. The van der Waals surface area contributed by atoms with E-state index >= 15 is 0 Å². The molecule has 0 aromatic heterocycles. The fraction of sp³-hybridized carbons (Fsp3) is 0.438. The van der Waals surface area contributed by atoms with Crippen molar-refractivity contribution in [2.24, 2.45) is 5.92 Å². The molecule has 0 heterocycles. The molecule has 1 aliphatic carbocycles. The maximum atomic E-state index is 13.7. The monoisotopic (exact) mass is 325 g/mol. The fourth-order valence-electron chi connectivity index (χ4n) is 2.73. The topological polar surface area (TPSA) is 72.5 Å². The number of amides is 1. The number of esters is 1. The predicted molar refractivity (Wildman–Crippen MR) is 76.6 cm³/mol. The van der Waals surface area contributed by atoms with Gasteiger partial charge in [0.05, 0.1) is 12.7 Å². The third-order valence-corrected chi connectivity index (χ3v) is 3.91. The van der Waals surface area contributed by atoms with Gasteiger partial charge in [-0.1, -0.05) is 0 Å². The Labute approximate surface area is 132 Å². The van der Waals surface area contributed by atoms with Crippen LogP contribution >= 0.6 is 0 Å². The average molecular weight is 325 g/mol. The molecule has 0 bridgehead atoms. The Morgan fingerprint density at radius 2 is 2.09 bits per heavy atom. The van der Waals surface area contributed by atoms with E-state index in [0.717, 1.165) is 12.1 Å². The van der Waals surface area contributed by atoms with Crippen LogP contribution in [0.5, 0.6) is 0 Å². The number of carbonyl (C=O) groups is 3. The van der Waals surface area contributed by atoms with Gasteiger partial charge >= 0.3 is 5.97 Å². The van der Waals surface area contributed by atoms with Gasteiger partial charge in [0, 0.05) is 18.9 Å². The summed E-state index contributed by atoms with van der Waals surface area (Å²) in [6, 6.07) is 1.50. The lowest BCUT2D eigenvalue weighted by atomic mass is 9.83. The molecule has 1 aliphatic rings. The summed E-state index contributed by atoms with van der Waals surface area (Å²) in [4.78, 5) is 35.7. The molecule has 1 amide bonds. The van der Waals surface area contributed by atoms with Crippen molar-refractivity contribution in [2.75, 3.05) is 7.11 Å². The summed E-state index contributed by atoms with van der Waals surface area (Å²) in [7, 11) is 1.17. The normalized spacial score (nSPS) is 19.1. The first-order valence-corrected chi connectivity index (χ1v) is 7.28. The fourth-order valence-corrected chi connectivity index (χ4v) is 2.73. The number of benzene rings is 1. The molecule has 1 N–H and O–H groups in total. The Bertz CT molecular complexity index is 633. The quantitative estimate of drug-likeness (QED) is 0.860. The van der Waals surface area contributed by atoms with Gasteiger partial charge in [0.25, 0.3) is 5.91 Å². The highest BCUT2D eigenvalue weighted by Gasteiger charge is 2.34. The van der Waals surface area contributed by atoms with Crippen molar-refractivity contribution in [3.05, 3.63) is 35.4 Å². The van der Waals surface area contributed by atoms with E-state index in [1.807, 2.05) is 0 Å². The van der Waals surface area contributed by atoms with E-state index in [2.05, 4.69) is 10.1 Å². The first-order valence-electron chi connectivity index (χ1n) is 7.28. The molecule has 5 nitrogen and oxygen atoms in total. The SMILES string of the molecule is COC(=O)[C@@H](NC(=O)c1ccc(F)cc1F)[C@H]1CCCC(=O)C1. The van der Waals surface area contributed by atoms with Crippen molar-refractivity contribution in [3.63, 3.8) is 0 Å². The standard InChI is InChI=1S/C16H17F2NO4/c1-23-16(22)14(9-3-2-4-11(20)7-9)19-15(21)12-6-5-10(17)8-13(12)18/h5-6,8-9,14H,2-4,7H2,1H3,(H,19,21)/t9-,14-/m0/s1. The molecule has 1 aromatic rings. The minimum Gasteiger partial charge on any atom is -0.467 e. The predicted octanol–water partition coefficient (Wildman–Crippen LogP) is 2.00. The molecule has 2 rings (SSSR count). The molecule has 0 spiro atoms. The third-order valence-electron chi connectivity index (χ3n) is 3.91. The molecule has 1 fully saturated rings. The zero-order valence-corrected chi connectivity index (χ0v) is 12.6. The van der Waals surface area contributed by atoms with Crippen LogP contribution in [0.4, 0.5) is 8.78 Å². The van der Waals surface area contributed by atoms with E-state index in [0.29, 0.717) is 25.3 Å². The lowest BCUT2D eigenvalue weighted by molar-refractivity contribution is -0.145. The van der Waals surface area contributed by atoms with Crippen molar-refractivity contribution in [1.29, 1.82) is 0 Å². The Balaban J connectivity index is 2.18. The van der Waals surface area contributed by atoms with E-state index in [4.69, 9.17) is 0 Å². The van der Waals surface area contributed by atoms with Gasteiger partial charge in [-0.25, -0.2) is 13.6 Å². The third kappa shape index (κ3) is 4.12. The zero-order valence-electron chi connectivity index (χ0n) is 12.6. The lowest BCUT2D eigenvalue weighted by Crippen LogP contribution is -2.48. The molecule has 0 radical (unpaired) electrons. The number of carbonyl (C=O) groups excluding carboxylic acids is 3. The number of ketones is 1. The Morgan fingerprint density at radius 3 is 2.70 bits per heavy atom. The second kappa shape index (κ2) is 7.30. The second-order valence-electron chi connectivity index (χ2n) is 5.49. The van der Waals surface area contributed by atoms with Gasteiger partial charge < -0.3 is 10.1 Å². The van der Waals surface area contributed by atoms with Crippen LogP contribution in [0.15, 0.2) is 18.2 Å². The maximum Gasteiger partial charge on any atom is 0.328 e. The van der Waals surface area contributed by atoms with Crippen LogP contribution in [0.1, 0.15) is 36.0 Å². The van der Waals surface area contributed by atoms with Crippen LogP contribution in [0.25, 0.3) is 0 Å². The number of ether oxygens (including phenoxy) is 1. The number of nitrogens with one attached hydrogen (secondary N) is 1. The molecule has 0 unspecified atom stereocenters. The highest BCUT2D eigenvalue weighted by atomic mass is 19.1. The van der Waals surface area contributed by atoms with Crippen molar-refractivity contribution < 1.29 is 27.9 Å². The second-order valence-corrected chi connectivity index (χ2v) is 5.49. The summed E-state index contributed by atoms with van der Waals surface area (Å²) in [5.41, 5.74) is -0.373. The molecule has 0 aliphatic heterocycles. The van der Waals surface area contributed by atoms with Crippen LogP contribution in [0, 0.1) is 17.6 Å². The highest BCUT2D eigenvalue weighted by molar-refractivity contribution is 5.97. The Hall–Kier alpha value is -2.31. The molecule has 124 valence electrons. The van der Waals surface area contributed by atoms with Gasteiger partial charge in [-0.05, 0) is 30.9 Å². The van der Waals surface area contributed by atoms with E-state index in [9.17, 15) is 23.2 Å². The molecule has 7 heteroatoms. The van der Waals surface area contributed by atoms with Gasteiger partial charge in [0.15, 0.2) is 0 Å². The largest absolute Gasteiger partial charge is 0.467 e. The molecule has 0 saturated heterocycles. The van der Waals surface area contributed by atoms with E-state index in [1.54, 1.807) is 0 Å². The lowest BCUT2D eigenvalue weighted by Gasteiger charge is -2.28. The number of hydrogen-bond donors (Lipinski definition) is 1. The van der Waals surface area contributed by atoms with Crippen LogP contribution in [-0.4, -0.2) is 30.8 Å². The smallest absolute Gasteiger partial charge is 0.328 e. The maximum absolute atomic E-state index is 13.7. The summed E-state index contributed by atoms with van der Waals surface area (Å²) in [6.07, 6.45) is 1.81. The summed E-state index contributed by atoms with van der Waals surface area (Å²) < 4.78 is 31.2. The minimum atomic E-state index is -1.04. The van der Waals surface area contributed by atoms with Gasteiger partial charge in [0.2, 0.25) is 0 Å². The molecule has 1 saturated carbocycles. The van der Waals surface area contributed by atoms with Crippen LogP contribution < -0.4 is 5.32 Å². The first-order chi connectivity index (χ1) is 10.9. The zero-order chi connectivity index (χ0) is 17.0. The molecule has 1 aromatic carbocycles. The number of Topliss-reactive ketones (excluding diaryl/α,β-unsaturated/α-hetero) is 1.